The van der Waals surface area contributed by atoms with Crippen LogP contribution < -0.4 is 9.64 Å². The molecule has 3 aromatic carbocycles. The first kappa shape index (κ1) is 34.6. The van der Waals surface area contributed by atoms with Gasteiger partial charge in [-0.25, -0.2) is 13.6 Å². The smallest absolute Gasteiger partial charge is 0.339 e. The molecule has 0 aliphatic carbocycles. The Balaban J connectivity index is 1.85. The minimum Gasteiger partial charge on any atom is -0.496 e. The summed E-state index contributed by atoms with van der Waals surface area (Å²) in [5.74, 6) is -4.23. The number of carboxylic acids is 1. The lowest BCUT2D eigenvalue weighted by Gasteiger charge is -2.42. The Bertz CT molecular complexity index is 1760. The van der Waals surface area contributed by atoms with Gasteiger partial charge in [0.05, 0.1) is 24.4 Å². The van der Waals surface area contributed by atoms with Gasteiger partial charge in [0.15, 0.2) is 0 Å². The van der Waals surface area contributed by atoms with Gasteiger partial charge in [-0.1, -0.05) is 81.9 Å². The van der Waals surface area contributed by atoms with Gasteiger partial charge in [0, 0.05) is 34.3 Å². The number of carboxylic acid groups (broad SMARTS) is 1. The van der Waals surface area contributed by atoms with Gasteiger partial charge in [0.2, 0.25) is 5.91 Å². The molecule has 0 spiro atoms. The molecule has 0 aromatic heterocycles. The maximum Gasteiger partial charge on any atom is 0.339 e. The molecule has 2 saturated heterocycles. The highest BCUT2D eigenvalue weighted by Crippen LogP contribution is 2.60. The molecule has 2 aliphatic rings. The summed E-state index contributed by atoms with van der Waals surface area (Å²) in [5.41, 5.74) is -1.77. The highest BCUT2D eigenvalue weighted by molar-refractivity contribution is 6.31. The number of nitriles is 1. The Morgan fingerprint density at radius 1 is 1.13 bits per heavy atom. The number of carbonyl (C=O) groups excluding carboxylic acids is 1. The topological polar surface area (TPSA) is 93.9 Å². The Morgan fingerprint density at radius 2 is 1.85 bits per heavy atom. The van der Waals surface area contributed by atoms with Crippen LogP contribution in [0.1, 0.15) is 80.8 Å². The number of hydrogen-bond acceptors (Lipinski definition) is 5. The van der Waals surface area contributed by atoms with Crippen LogP contribution in [-0.2, 0) is 10.2 Å². The number of ether oxygens (including phenoxy) is 1. The summed E-state index contributed by atoms with van der Waals surface area (Å²) < 4.78 is 37.8. The van der Waals surface area contributed by atoms with Crippen molar-refractivity contribution in [2.24, 2.45) is 5.41 Å². The quantitative estimate of drug-likeness (QED) is 0.243. The van der Waals surface area contributed by atoms with Crippen LogP contribution in [0.4, 0.5) is 14.5 Å². The molecule has 3 aromatic rings. The predicted molar refractivity (Wildman–Crippen MR) is 177 cm³/mol. The van der Waals surface area contributed by atoms with E-state index in [4.69, 9.17) is 27.9 Å². The lowest BCUT2D eigenvalue weighted by molar-refractivity contribution is -0.119. The van der Waals surface area contributed by atoms with Crippen molar-refractivity contribution < 1.29 is 28.2 Å². The lowest BCUT2D eigenvalue weighted by Crippen LogP contribution is -2.52. The second-order valence-electron chi connectivity index (χ2n) is 13.4. The maximum atomic E-state index is 16.2. The molecule has 1 amide bonds. The molecular formula is C36H37Cl2F2N3O4. The molecule has 0 saturated carbocycles. The number of benzene rings is 3. The van der Waals surface area contributed by atoms with Gasteiger partial charge in [0.1, 0.15) is 34.4 Å². The van der Waals surface area contributed by atoms with Gasteiger partial charge in [-0.2, -0.15) is 5.26 Å². The average Bonchev–Trinajstić information content (AvgIpc) is 3.45. The molecule has 0 unspecified atom stereocenters. The van der Waals surface area contributed by atoms with Crippen molar-refractivity contribution in [1.29, 1.82) is 5.26 Å². The third-order valence-corrected chi connectivity index (χ3v) is 9.87. The highest BCUT2D eigenvalue weighted by Gasteiger charge is 2.69. The Labute approximate surface area is 283 Å². The van der Waals surface area contributed by atoms with E-state index in [1.54, 1.807) is 17.0 Å². The van der Waals surface area contributed by atoms with Crippen LogP contribution in [-0.4, -0.2) is 47.2 Å². The van der Waals surface area contributed by atoms with E-state index < -0.39 is 58.5 Å². The van der Waals surface area contributed by atoms with Crippen molar-refractivity contribution in [1.82, 2.24) is 4.90 Å². The zero-order chi connectivity index (χ0) is 34.4. The second kappa shape index (κ2) is 13.1. The number of hydrogen-bond donors (Lipinski definition) is 1. The molecule has 47 heavy (non-hydrogen) atoms. The van der Waals surface area contributed by atoms with Gasteiger partial charge < -0.3 is 9.84 Å². The molecule has 5 rings (SSSR count). The van der Waals surface area contributed by atoms with E-state index >= 15 is 8.78 Å². The van der Waals surface area contributed by atoms with Crippen molar-refractivity contribution in [2.75, 3.05) is 12.0 Å². The molecule has 1 N–H and O–H groups in total. The molecule has 2 aliphatic heterocycles. The number of aromatic carboxylic acids is 1. The van der Waals surface area contributed by atoms with Gasteiger partial charge in [0.25, 0.3) is 0 Å². The number of carbonyl (C=O) groups is 2. The van der Waals surface area contributed by atoms with Crippen molar-refractivity contribution >= 4 is 40.8 Å². The van der Waals surface area contributed by atoms with Crippen molar-refractivity contribution in [3.8, 4) is 11.8 Å². The van der Waals surface area contributed by atoms with Gasteiger partial charge in [-0.15, -0.1) is 0 Å². The summed E-state index contributed by atoms with van der Waals surface area (Å²) in [6, 6.07) is 13.6. The van der Waals surface area contributed by atoms with E-state index in [0.29, 0.717) is 24.9 Å². The molecular weight excluding hydrogens is 647 g/mol. The van der Waals surface area contributed by atoms with E-state index in [2.05, 4.69) is 6.07 Å². The largest absolute Gasteiger partial charge is 0.496 e. The van der Waals surface area contributed by atoms with Gasteiger partial charge >= 0.3 is 5.97 Å². The molecule has 0 radical (unpaired) electrons. The Hall–Kier alpha value is -3.71. The Kier molecular flexibility index (Phi) is 9.62. The third-order valence-electron chi connectivity index (χ3n) is 9.34. The number of halogens is 4. The predicted octanol–water partition coefficient (Wildman–Crippen LogP) is 8.58. The molecule has 11 heteroatoms. The Morgan fingerprint density at radius 3 is 2.45 bits per heavy atom. The number of anilines is 1. The van der Waals surface area contributed by atoms with Crippen molar-refractivity contribution in [3.05, 3.63) is 93.0 Å². The van der Waals surface area contributed by atoms with Crippen LogP contribution in [0.2, 0.25) is 10.0 Å². The molecule has 5 atom stereocenters. The van der Waals surface area contributed by atoms with E-state index in [-0.39, 0.29) is 32.5 Å². The van der Waals surface area contributed by atoms with Crippen LogP contribution in [0.15, 0.2) is 54.6 Å². The molecule has 2 heterocycles. The fourth-order valence-corrected chi connectivity index (χ4v) is 7.85. The van der Waals surface area contributed by atoms with Gasteiger partial charge in [-0.05, 0) is 54.2 Å². The van der Waals surface area contributed by atoms with Crippen LogP contribution in [0.25, 0.3) is 0 Å². The average molecular weight is 685 g/mol. The van der Waals surface area contributed by atoms with Crippen LogP contribution in [0.5, 0.6) is 5.75 Å². The van der Waals surface area contributed by atoms with Crippen LogP contribution >= 0.6 is 23.2 Å². The monoisotopic (exact) mass is 683 g/mol. The summed E-state index contributed by atoms with van der Waals surface area (Å²) in [6.45, 7) is 8.03. The second-order valence-corrected chi connectivity index (χ2v) is 14.3. The summed E-state index contributed by atoms with van der Waals surface area (Å²) in [4.78, 5) is 30.4. The number of methoxy groups -OCH3 is 1. The van der Waals surface area contributed by atoms with E-state index in [0.717, 1.165) is 12.5 Å². The minimum atomic E-state index is -1.74. The van der Waals surface area contributed by atoms with Crippen molar-refractivity contribution in [2.45, 2.75) is 83.0 Å². The number of unbranched alkanes of at least 4 members (excludes halogenated alkanes) is 1. The van der Waals surface area contributed by atoms with E-state index in [1.807, 2.05) is 32.6 Å². The zero-order valence-corrected chi connectivity index (χ0v) is 28.4. The number of rotatable bonds is 9. The summed E-state index contributed by atoms with van der Waals surface area (Å²) >= 11 is 12.5. The number of nitrogens with zero attached hydrogens (tertiary/aromatic N) is 3. The summed E-state index contributed by atoms with van der Waals surface area (Å²) in [7, 11) is 1.35. The number of amides is 1. The lowest BCUT2D eigenvalue weighted by atomic mass is 9.62. The first-order chi connectivity index (χ1) is 22.2. The van der Waals surface area contributed by atoms with E-state index in [1.165, 1.54) is 43.5 Å². The highest BCUT2D eigenvalue weighted by atomic mass is 35.5. The molecule has 0 bridgehead atoms. The normalized spacial score (nSPS) is 24.3. The molecule has 248 valence electrons. The zero-order valence-electron chi connectivity index (χ0n) is 26.9. The fourth-order valence-electron chi connectivity index (χ4n) is 7.51. The number of fused-ring (bicyclic) bond motifs is 1. The van der Waals surface area contributed by atoms with Crippen molar-refractivity contribution in [3.63, 3.8) is 0 Å². The molecule has 2 fully saturated rings. The minimum absolute atomic E-state index is 0.0264. The maximum absolute atomic E-state index is 16.2. The standard InChI is InChI=1S/C36H37Cl2F2N3O4/c1-6-7-11-29-42(21-13-14-22(34(45)46)27(17-21)47-5)33(44)32-30(23-9-8-10-25(38)31(23)40)36(19-41,24-15-12-20(37)16-26(24)39)28(43(29)32)18-35(2,3)4/h8-10,12-17,28-30,32H,6-7,11,18H2,1-5H3,(H,45,46)/t28-,29+,30-,32+,36-/m0/s1. The molecule has 7 nitrogen and oxygen atoms in total. The fraction of sp³-hybridized carbons (Fsp3) is 0.417. The van der Waals surface area contributed by atoms with Crippen LogP contribution in [0.3, 0.4) is 0 Å². The van der Waals surface area contributed by atoms with E-state index in [9.17, 15) is 20.0 Å². The third kappa shape index (κ3) is 5.85. The van der Waals surface area contributed by atoms with Crippen LogP contribution in [0, 0.1) is 28.4 Å². The SMILES string of the molecule is CCCC[C@@H]1N(c2ccc(C(=O)O)c(OC)c2)C(=O)[C@H]2[C@H](c3cccc(Cl)c3F)[C@@](C#N)(c3ccc(Cl)cc3F)[C@H](CC(C)(C)C)N12. The summed E-state index contributed by atoms with van der Waals surface area (Å²) in [6.07, 6.45) is 1.70. The summed E-state index contributed by atoms with van der Waals surface area (Å²) in [5, 5.41) is 21.0. The first-order valence-corrected chi connectivity index (χ1v) is 16.3. The first-order valence-electron chi connectivity index (χ1n) is 15.5. The van der Waals surface area contributed by atoms with Gasteiger partial charge in [-0.3, -0.25) is 14.6 Å².